The molecule has 0 unspecified atom stereocenters. The second-order valence-electron chi connectivity index (χ2n) is 9.51. The zero-order valence-electron chi connectivity index (χ0n) is 20.3. The van der Waals surface area contributed by atoms with E-state index in [1.807, 2.05) is 53.4 Å². The number of ether oxygens (including phenoxy) is 2. The van der Waals surface area contributed by atoms with Crippen molar-refractivity contribution >= 4 is 16.8 Å². The Hall–Kier alpha value is -2.99. The Morgan fingerprint density at radius 1 is 0.971 bits per heavy atom. The molecule has 0 saturated carbocycles. The van der Waals surface area contributed by atoms with Crippen molar-refractivity contribution in [2.75, 3.05) is 39.9 Å². The van der Waals surface area contributed by atoms with Gasteiger partial charge in [0, 0.05) is 36.7 Å². The van der Waals surface area contributed by atoms with Gasteiger partial charge in [-0.3, -0.25) is 4.79 Å². The van der Waals surface area contributed by atoms with Gasteiger partial charge >= 0.3 is 0 Å². The number of rotatable bonds is 8. The molecule has 3 aromatic rings. The first-order valence-electron chi connectivity index (χ1n) is 12.6. The molecule has 1 amide bonds. The molecular weight excluding hydrogens is 426 g/mol. The molecule has 0 spiro atoms. The second kappa shape index (κ2) is 10.1. The summed E-state index contributed by atoms with van der Waals surface area (Å²) < 4.78 is 13.5. The Balaban J connectivity index is 1.35. The fraction of sp³-hybridized carbons (Fsp3) is 0.464. The smallest absolute Gasteiger partial charge is 0.270 e. The lowest BCUT2D eigenvalue weighted by atomic mass is 10.2. The van der Waals surface area contributed by atoms with E-state index in [4.69, 9.17) is 9.47 Å². The monoisotopic (exact) mass is 461 g/mol. The van der Waals surface area contributed by atoms with Gasteiger partial charge < -0.3 is 23.8 Å². The van der Waals surface area contributed by atoms with E-state index in [0.717, 1.165) is 67.0 Å². The SMILES string of the molecule is COc1ccc2c(c1)cc(C(=O)N1CCCC1)n2-c1ccc(OCCCN2CCC[C@H]2C)cc1. The minimum atomic E-state index is 0.0872. The number of carbonyl (C=O) groups is 1. The van der Waals surface area contributed by atoms with Crippen molar-refractivity contribution in [3.8, 4) is 17.2 Å². The molecule has 5 rings (SSSR count). The van der Waals surface area contributed by atoms with Gasteiger partial charge in [-0.1, -0.05) is 0 Å². The molecular formula is C28H35N3O3. The van der Waals surface area contributed by atoms with E-state index in [9.17, 15) is 4.79 Å². The Morgan fingerprint density at radius 3 is 2.44 bits per heavy atom. The summed E-state index contributed by atoms with van der Waals surface area (Å²) in [6.07, 6.45) is 5.80. The Bertz CT molecular complexity index is 1130. The summed E-state index contributed by atoms with van der Waals surface area (Å²) in [7, 11) is 1.67. The molecule has 180 valence electrons. The summed E-state index contributed by atoms with van der Waals surface area (Å²) in [6, 6.07) is 16.8. The van der Waals surface area contributed by atoms with Crippen LogP contribution in [0.5, 0.6) is 11.5 Å². The minimum Gasteiger partial charge on any atom is -0.497 e. The third-order valence-corrected chi connectivity index (χ3v) is 7.27. The summed E-state index contributed by atoms with van der Waals surface area (Å²) in [5.41, 5.74) is 2.65. The second-order valence-corrected chi connectivity index (χ2v) is 9.51. The molecule has 6 heteroatoms. The van der Waals surface area contributed by atoms with E-state index in [1.165, 1.54) is 19.4 Å². The van der Waals surface area contributed by atoms with E-state index in [-0.39, 0.29) is 5.91 Å². The zero-order valence-corrected chi connectivity index (χ0v) is 20.3. The highest BCUT2D eigenvalue weighted by atomic mass is 16.5. The molecule has 2 saturated heterocycles. The predicted octanol–water partition coefficient (Wildman–Crippen LogP) is 5.13. The lowest BCUT2D eigenvalue weighted by Gasteiger charge is -2.20. The summed E-state index contributed by atoms with van der Waals surface area (Å²) >= 11 is 0. The van der Waals surface area contributed by atoms with Crippen molar-refractivity contribution in [3.05, 3.63) is 54.2 Å². The molecule has 6 nitrogen and oxygen atoms in total. The highest BCUT2D eigenvalue weighted by molar-refractivity contribution is 6.00. The molecule has 0 N–H and O–H groups in total. The van der Waals surface area contributed by atoms with Crippen LogP contribution in [0.3, 0.4) is 0 Å². The number of fused-ring (bicyclic) bond motifs is 1. The van der Waals surface area contributed by atoms with Gasteiger partial charge in [-0.25, -0.2) is 0 Å². The fourth-order valence-corrected chi connectivity index (χ4v) is 5.31. The molecule has 2 aromatic carbocycles. The van der Waals surface area contributed by atoms with Crippen molar-refractivity contribution in [1.29, 1.82) is 0 Å². The van der Waals surface area contributed by atoms with Gasteiger partial charge in [0.25, 0.3) is 5.91 Å². The van der Waals surface area contributed by atoms with Crippen LogP contribution in [-0.2, 0) is 0 Å². The van der Waals surface area contributed by atoms with Gasteiger partial charge in [0.15, 0.2) is 0 Å². The van der Waals surface area contributed by atoms with E-state index >= 15 is 0 Å². The van der Waals surface area contributed by atoms with E-state index in [1.54, 1.807) is 7.11 Å². The number of nitrogens with zero attached hydrogens (tertiary/aromatic N) is 3. The number of amides is 1. The number of benzene rings is 2. The third-order valence-electron chi connectivity index (χ3n) is 7.27. The number of methoxy groups -OCH3 is 1. The molecule has 2 fully saturated rings. The Kier molecular flexibility index (Phi) is 6.77. The van der Waals surface area contributed by atoms with Crippen molar-refractivity contribution in [1.82, 2.24) is 14.4 Å². The van der Waals surface area contributed by atoms with Gasteiger partial charge in [-0.15, -0.1) is 0 Å². The maximum absolute atomic E-state index is 13.4. The molecule has 1 atom stereocenters. The number of carbonyl (C=O) groups excluding carboxylic acids is 1. The maximum atomic E-state index is 13.4. The van der Waals surface area contributed by atoms with Gasteiger partial charge in [-0.2, -0.15) is 0 Å². The van der Waals surface area contributed by atoms with Crippen LogP contribution in [-0.4, -0.2) is 66.2 Å². The lowest BCUT2D eigenvalue weighted by molar-refractivity contribution is 0.0785. The number of aromatic nitrogens is 1. The van der Waals surface area contributed by atoms with Crippen LogP contribution in [0.2, 0.25) is 0 Å². The zero-order chi connectivity index (χ0) is 23.5. The van der Waals surface area contributed by atoms with Crippen LogP contribution in [0.15, 0.2) is 48.5 Å². The summed E-state index contributed by atoms with van der Waals surface area (Å²) in [4.78, 5) is 17.9. The standard InChI is InChI=1S/C28H35N3O3/c1-21-7-5-16-29(21)17-6-18-34-24-10-8-23(9-11-24)31-26-13-12-25(33-2)19-22(26)20-27(31)28(32)30-14-3-4-15-30/h8-13,19-21H,3-7,14-18H2,1-2H3/t21-/m1/s1. The summed E-state index contributed by atoms with van der Waals surface area (Å²) in [5.74, 6) is 1.74. The molecule has 0 bridgehead atoms. The first-order chi connectivity index (χ1) is 16.6. The quantitative estimate of drug-likeness (QED) is 0.437. The van der Waals surface area contributed by atoms with Crippen LogP contribution in [0.4, 0.5) is 0 Å². The van der Waals surface area contributed by atoms with Gasteiger partial charge in [0.2, 0.25) is 0 Å². The number of hydrogen-bond acceptors (Lipinski definition) is 4. The van der Waals surface area contributed by atoms with Crippen molar-refractivity contribution in [3.63, 3.8) is 0 Å². The number of likely N-dealkylation sites (tertiary alicyclic amines) is 2. The van der Waals surface area contributed by atoms with Gasteiger partial charge in [0.05, 0.1) is 19.2 Å². The molecule has 2 aliphatic rings. The molecule has 0 radical (unpaired) electrons. The molecule has 3 heterocycles. The highest BCUT2D eigenvalue weighted by Gasteiger charge is 2.25. The van der Waals surface area contributed by atoms with Gasteiger partial charge in [0.1, 0.15) is 17.2 Å². The highest BCUT2D eigenvalue weighted by Crippen LogP contribution is 2.30. The fourth-order valence-electron chi connectivity index (χ4n) is 5.31. The van der Waals surface area contributed by atoms with Crippen molar-refractivity contribution < 1.29 is 14.3 Å². The largest absolute Gasteiger partial charge is 0.497 e. The van der Waals surface area contributed by atoms with E-state index in [2.05, 4.69) is 16.4 Å². The lowest BCUT2D eigenvalue weighted by Crippen LogP contribution is -2.29. The van der Waals surface area contributed by atoms with E-state index < -0.39 is 0 Å². The molecule has 34 heavy (non-hydrogen) atoms. The first kappa shape index (κ1) is 22.8. The molecule has 1 aromatic heterocycles. The molecule has 0 aliphatic carbocycles. The summed E-state index contributed by atoms with van der Waals surface area (Å²) in [6.45, 7) is 6.99. The van der Waals surface area contributed by atoms with Crippen molar-refractivity contribution in [2.45, 2.75) is 45.1 Å². The average Bonchev–Trinajstić information content (AvgIpc) is 3.61. The van der Waals surface area contributed by atoms with Gasteiger partial charge in [-0.05, 0) is 94.1 Å². The Labute approximate surface area is 202 Å². The maximum Gasteiger partial charge on any atom is 0.270 e. The predicted molar refractivity (Wildman–Crippen MR) is 135 cm³/mol. The first-order valence-corrected chi connectivity index (χ1v) is 12.6. The van der Waals surface area contributed by atoms with Crippen LogP contribution in [0.1, 0.15) is 49.5 Å². The normalized spacial score (nSPS) is 18.6. The van der Waals surface area contributed by atoms with Crippen LogP contribution < -0.4 is 9.47 Å². The average molecular weight is 462 g/mol. The van der Waals surface area contributed by atoms with Crippen LogP contribution in [0, 0.1) is 0 Å². The number of hydrogen-bond donors (Lipinski definition) is 0. The third kappa shape index (κ3) is 4.64. The summed E-state index contributed by atoms with van der Waals surface area (Å²) in [5, 5.41) is 0.998. The minimum absolute atomic E-state index is 0.0872. The van der Waals surface area contributed by atoms with Crippen molar-refractivity contribution in [2.24, 2.45) is 0 Å². The van der Waals surface area contributed by atoms with Crippen LogP contribution in [0.25, 0.3) is 16.6 Å². The van der Waals surface area contributed by atoms with E-state index in [0.29, 0.717) is 18.3 Å². The Morgan fingerprint density at radius 2 is 1.74 bits per heavy atom. The van der Waals surface area contributed by atoms with Crippen LogP contribution >= 0.6 is 0 Å². The molecule has 2 aliphatic heterocycles. The topological polar surface area (TPSA) is 46.9 Å².